The Bertz CT molecular complexity index is 1300. The molecule has 1 amide bonds. The van der Waals surface area contributed by atoms with Crippen LogP contribution in [-0.2, 0) is 11.4 Å². The zero-order valence-corrected chi connectivity index (χ0v) is 22.3. The van der Waals surface area contributed by atoms with Gasteiger partial charge in [0.1, 0.15) is 12.4 Å². The first-order valence-electron chi connectivity index (χ1n) is 12.3. The van der Waals surface area contributed by atoms with Crippen molar-refractivity contribution in [2.75, 3.05) is 13.2 Å². The molecule has 1 aliphatic heterocycles. The molecule has 0 aromatic heterocycles. The molecule has 1 aliphatic rings. The molecule has 0 saturated carbocycles. The Morgan fingerprint density at radius 3 is 2.41 bits per heavy atom. The summed E-state index contributed by atoms with van der Waals surface area (Å²) >= 11 is 1.38. The van der Waals surface area contributed by atoms with Gasteiger partial charge in [-0.25, -0.2) is 9.38 Å². The maximum absolute atomic E-state index is 13.3. The molecule has 0 aliphatic carbocycles. The van der Waals surface area contributed by atoms with Gasteiger partial charge in [0.25, 0.3) is 5.91 Å². The standard InChI is InChI=1S/C30H31FN2O3S/c1-5-35-27-16-23(10-15-26(27)36-19-22-8-11-24(31)12-9-22)17-28-29(34)33(18-20(2)3)30(37-28)32-25-13-6-21(4)7-14-25/h6-17,20H,5,18-19H2,1-4H3/b28-17+,32-30?. The lowest BCUT2D eigenvalue weighted by Crippen LogP contribution is -2.32. The van der Waals surface area contributed by atoms with E-state index in [0.29, 0.717) is 40.6 Å². The van der Waals surface area contributed by atoms with E-state index in [-0.39, 0.29) is 18.3 Å². The number of aryl methyl sites for hydroxylation is 1. The van der Waals surface area contributed by atoms with Crippen LogP contribution in [-0.4, -0.2) is 29.1 Å². The number of aliphatic imine (C=N–C) groups is 1. The molecule has 1 saturated heterocycles. The fourth-order valence-corrected chi connectivity index (χ4v) is 4.75. The molecule has 1 heterocycles. The van der Waals surface area contributed by atoms with Crippen LogP contribution in [0.15, 0.2) is 76.6 Å². The summed E-state index contributed by atoms with van der Waals surface area (Å²) in [5.74, 6) is 1.13. The topological polar surface area (TPSA) is 51.1 Å². The molecule has 0 unspecified atom stereocenters. The number of nitrogens with zero attached hydrogens (tertiary/aromatic N) is 2. The first-order valence-corrected chi connectivity index (χ1v) is 13.1. The monoisotopic (exact) mass is 518 g/mol. The third-order valence-electron chi connectivity index (χ3n) is 5.57. The summed E-state index contributed by atoms with van der Waals surface area (Å²) in [7, 11) is 0. The maximum atomic E-state index is 13.3. The largest absolute Gasteiger partial charge is 0.490 e. The number of amides is 1. The van der Waals surface area contributed by atoms with Crippen molar-refractivity contribution in [2.45, 2.75) is 34.3 Å². The molecule has 1 fully saturated rings. The van der Waals surface area contributed by atoms with Gasteiger partial charge < -0.3 is 9.47 Å². The number of carbonyl (C=O) groups is 1. The summed E-state index contributed by atoms with van der Waals surface area (Å²) in [6.07, 6.45) is 1.87. The van der Waals surface area contributed by atoms with Gasteiger partial charge in [0.15, 0.2) is 16.7 Å². The fourth-order valence-electron chi connectivity index (χ4n) is 3.74. The second-order valence-corrected chi connectivity index (χ2v) is 10.2. The van der Waals surface area contributed by atoms with Crippen molar-refractivity contribution >= 4 is 34.6 Å². The molecule has 0 N–H and O–H groups in total. The first-order chi connectivity index (χ1) is 17.8. The SMILES string of the molecule is CCOc1cc(/C=C2/SC(=Nc3ccc(C)cc3)N(CC(C)C)C2=O)ccc1OCc1ccc(F)cc1. The first kappa shape index (κ1) is 26.5. The number of ether oxygens (including phenoxy) is 2. The van der Waals surface area contributed by atoms with Crippen LogP contribution in [0.1, 0.15) is 37.5 Å². The summed E-state index contributed by atoms with van der Waals surface area (Å²) in [5, 5.41) is 0.679. The number of carbonyl (C=O) groups excluding carboxylic acids is 1. The summed E-state index contributed by atoms with van der Waals surface area (Å²) < 4.78 is 25.0. The molecular formula is C30H31FN2O3S. The van der Waals surface area contributed by atoms with Crippen molar-refractivity contribution in [1.29, 1.82) is 0 Å². The number of thioether (sulfide) groups is 1. The number of hydrogen-bond donors (Lipinski definition) is 0. The number of amidine groups is 1. The number of halogens is 1. The van der Waals surface area contributed by atoms with E-state index >= 15 is 0 Å². The zero-order valence-electron chi connectivity index (χ0n) is 21.5. The molecule has 37 heavy (non-hydrogen) atoms. The predicted octanol–water partition coefficient (Wildman–Crippen LogP) is 7.37. The minimum absolute atomic E-state index is 0.0563. The number of benzene rings is 3. The molecule has 0 atom stereocenters. The van der Waals surface area contributed by atoms with Gasteiger partial charge in [-0.1, -0.05) is 49.7 Å². The Hall–Kier alpha value is -3.58. The average Bonchev–Trinajstić information content (AvgIpc) is 3.14. The Kier molecular flexibility index (Phi) is 8.66. The molecule has 4 rings (SSSR count). The maximum Gasteiger partial charge on any atom is 0.266 e. The Labute approximate surface area is 222 Å². The van der Waals surface area contributed by atoms with Gasteiger partial charge in [-0.15, -0.1) is 0 Å². The van der Waals surface area contributed by atoms with E-state index in [1.165, 1.54) is 23.9 Å². The Morgan fingerprint density at radius 1 is 1.00 bits per heavy atom. The highest BCUT2D eigenvalue weighted by Gasteiger charge is 2.33. The predicted molar refractivity (Wildman–Crippen MR) is 149 cm³/mol. The van der Waals surface area contributed by atoms with Gasteiger partial charge in [0.05, 0.1) is 17.2 Å². The van der Waals surface area contributed by atoms with Crippen molar-refractivity contribution in [3.05, 3.63) is 94.1 Å². The van der Waals surface area contributed by atoms with Gasteiger partial charge in [-0.2, -0.15) is 0 Å². The molecule has 0 spiro atoms. The molecule has 7 heteroatoms. The van der Waals surface area contributed by atoms with Gasteiger partial charge in [0.2, 0.25) is 0 Å². The second kappa shape index (κ2) is 12.1. The lowest BCUT2D eigenvalue weighted by molar-refractivity contribution is -0.122. The molecular weight excluding hydrogens is 487 g/mol. The highest BCUT2D eigenvalue weighted by molar-refractivity contribution is 8.18. The lowest BCUT2D eigenvalue weighted by atomic mass is 10.1. The van der Waals surface area contributed by atoms with Crippen LogP contribution >= 0.6 is 11.8 Å². The van der Waals surface area contributed by atoms with E-state index in [9.17, 15) is 9.18 Å². The van der Waals surface area contributed by atoms with Crippen LogP contribution in [0.5, 0.6) is 11.5 Å². The zero-order chi connectivity index (χ0) is 26.4. The molecule has 3 aromatic rings. The average molecular weight is 519 g/mol. The molecule has 192 valence electrons. The molecule has 5 nitrogen and oxygen atoms in total. The summed E-state index contributed by atoms with van der Waals surface area (Å²) in [4.78, 5) is 20.5. The van der Waals surface area contributed by atoms with Crippen molar-refractivity contribution < 1.29 is 18.7 Å². The van der Waals surface area contributed by atoms with Crippen molar-refractivity contribution in [1.82, 2.24) is 4.90 Å². The van der Waals surface area contributed by atoms with Crippen molar-refractivity contribution in [3.63, 3.8) is 0 Å². The van der Waals surface area contributed by atoms with Gasteiger partial charge in [0, 0.05) is 6.54 Å². The van der Waals surface area contributed by atoms with Crippen LogP contribution in [0.25, 0.3) is 6.08 Å². The van der Waals surface area contributed by atoms with E-state index < -0.39 is 0 Å². The van der Waals surface area contributed by atoms with Crippen LogP contribution in [0.2, 0.25) is 0 Å². The summed E-state index contributed by atoms with van der Waals surface area (Å²) in [6, 6.07) is 19.7. The molecule has 3 aromatic carbocycles. The van der Waals surface area contributed by atoms with Gasteiger partial charge in [-0.3, -0.25) is 9.69 Å². The number of rotatable bonds is 9. The third kappa shape index (κ3) is 7.01. The Morgan fingerprint density at radius 2 is 1.73 bits per heavy atom. The van der Waals surface area contributed by atoms with Crippen LogP contribution < -0.4 is 9.47 Å². The Balaban J connectivity index is 1.58. The van der Waals surface area contributed by atoms with Crippen LogP contribution in [0.4, 0.5) is 10.1 Å². The van der Waals surface area contributed by atoms with Gasteiger partial charge >= 0.3 is 0 Å². The minimum atomic E-state index is -0.283. The third-order valence-corrected chi connectivity index (χ3v) is 6.57. The molecule has 0 radical (unpaired) electrons. The van der Waals surface area contributed by atoms with Crippen molar-refractivity contribution in [2.24, 2.45) is 10.9 Å². The van der Waals surface area contributed by atoms with E-state index in [1.807, 2.05) is 62.4 Å². The van der Waals surface area contributed by atoms with E-state index in [2.05, 4.69) is 13.8 Å². The summed E-state index contributed by atoms with van der Waals surface area (Å²) in [6.45, 7) is 9.46. The van der Waals surface area contributed by atoms with E-state index in [1.54, 1.807) is 17.0 Å². The summed E-state index contributed by atoms with van der Waals surface area (Å²) in [5.41, 5.74) is 3.66. The van der Waals surface area contributed by atoms with Gasteiger partial charge in [-0.05, 0) is 85.1 Å². The van der Waals surface area contributed by atoms with Crippen LogP contribution in [0, 0.1) is 18.7 Å². The van der Waals surface area contributed by atoms with E-state index in [0.717, 1.165) is 22.4 Å². The highest BCUT2D eigenvalue weighted by Crippen LogP contribution is 2.36. The smallest absolute Gasteiger partial charge is 0.266 e. The molecule has 0 bridgehead atoms. The normalized spacial score (nSPS) is 15.7. The lowest BCUT2D eigenvalue weighted by Gasteiger charge is -2.17. The quantitative estimate of drug-likeness (QED) is 0.278. The number of hydrogen-bond acceptors (Lipinski definition) is 5. The van der Waals surface area contributed by atoms with Crippen LogP contribution in [0.3, 0.4) is 0 Å². The van der Waals surface area contributed by atoms with Crippen molar-refractivity contribution in [3.8, 4) is 11.5 Å². The van der Waals surface area contributed by atoms with E-state index in [4.69, 9.17) is 14.5 Å². The minimum Gasteiger partial charge on any atom is -0.490 e. The second-order valence-electron chi connectivity index (χ2n) is 9.20. The fraction of sp³-hybridized carbons (Fsp3) is 0.267. The highest BCUT2D eigenvalue weighted by atomic mass is 32.2.